The standard InChI is InChI=1S/C28H34N2O5/c1-3-17(2)25(26(31)29-24-15-9-8-14-22(24)27(32)33)30-28(34)35-16-23-20-12-6-4-10-18(20)19-11-5-7-13-21(19)23/h4-7,10-13,17,22-25H,3,8-9,14-16H2,1-2H3,(H,29,31)(H,30,34)(H,32,33)/t17-,22?,24?,25-/m0/s1. The maximum atomic E-state index is 13.1. The van der Waals surface area contributed by atoms with Crippen LogP contribution in [0.15, 0.2) is 48.5 Å². The van der Waals surface area contributed by atoms with Crippen molar-refractivity contribution in [2.24, 2.45) is 11.8 Å². The number of fused-ring (bicyclic) bond motifs is 3. The third-order valence-corrected chi connectivity index (χ3v) is 7.52. The SMILES string of the molecule is CC[C@H](C)[C@H](NC(=O)OCC1c2ccccc2-c2ccccc21)C(=O)NC1CCCCC1C(=O)O. The molecule has 0 spiro atoms. The zero-order chi connectivity index (χ0) is 24.9. The van der Waals surface area contributed by atoms with E-state index in [1.807, 2.05) is 38.1 Å². The number of hydrogen-bond acceptors (Lipinski definition) is 4. The minimum absolute atomic E-state index is 0.0670. The van der Waals surface area contributed by atoms with Crippen LogP contribution in [0.5, 0.6) is 0 Å². The molecule has 1 fully saturated rings. The van der Waals surface area contributed by atoms with Crippen LogP contribution in [0.3, 0.4) is 0 Å². The van der Waals surface area contributed by atoms with Gasteiger partial charge in [-0.25, -0.2) is 4.79 Å². The van der Waals surface area contributed by atoms with E-state index in [-0.39, 0.29) is 24.3 Å². The van der Waals surface area contributed by atoms with Crippen molar-refractivity contribution in [1.82, 2.24) is 10.6 Å². The largest absolute Gasteiger partial charge is 0.481 e. The van der Waals surface area contributed by atoms with Crippen LogP contribution in [0.4, 0.5) is 4.79 Å². The van der Waals surface area contributed by atoms with Crippen molar-refractivity contribution in [3.63, 3.8) is 0 Å². The summed E-state index contributed by atoms with van der Waals surface area (Å²) in [6.07, 6.45) is 2.92. The number of alkyl carbamates (subject to hydrolysis) is 1. The highest BCUT2D eigenvalue weighted by Gasteiger charge is 2.35. The smallest absolute Gasteiger partial charge is 0.407 e. The van der Waals surface area contributed by atoms with Crippen molar-refractivity contribution in [2.45, 2.75) is 64.0 Å². The van der Waals surface area contributed by atoms with E-state index < -0.39 is 30.1 Å². The highest BCUT2D eigenvalue weighted by Crippen LogP contribution is 2.44. The van der Waals surface area contributed by atoms with E-state index in [1.54, 1.807) is 0 Å². The predicted molar refractivity (Wildman–Crippen MR) is 133 cm³/mol. The second-order valence-electron chi connectivity index (χ2n) is 9.68. The predicted octanol–water partition coefficient (Wildman–Crippen LogP) is 4.70. The van der Waals surface area contributed by atoms with Crippen molar-refractivity contribution in [3.05, 3.63) is 59.7 Å². The Balaban J connectivity index is 1.41. The van der Waals surface area contributed by atoms with Gasteiger partial charge in [0.1, 0.15) is 12.6 Å². The van der Waals surface area contributed by atoms with Gasteiger partial charge in [0.15, 0.2) is 0 Å². The van der Waals surface area contributed by atoms with Crippen molar-refractivity contribution in [1.29, 1.82) is 0 Å². The zero-order valence-electron chi connectivity index (χ0n) is 20.3. The number of amides is 2. The van der Waals surface area contributed by atoms with Gasteiger partial charge in [0.25, 0.3) is 0 Å². The molecule has 0 heterocycles. The molecule has 0 aromatic heterocycles. The molecule has 4 atom stereocenters. The molecule has 7 heteroatoms. The quantitative estimate of drug-likeness (QED) is 0.510. The minimum atomic E-state index is -0.889. The van der Waals surface area contributed by atoms with E-state index in [0.717, 1.165) is 35.1 Å². The van der Waals surface area contributed by atoms with E-state index in [1.165, 1.54) is 0 Å². The second-order valence-corrected chi connectivity index (χ2v) is 9.68. The zero-order valence-corrected chi connectivity index (χ0v) is 20.3. The minimum Gasteiger partial charge on any atom is -0.481 e. The van der Waals surface area contributed by atoms with E-state index in [2.05, 4.69) is 34.9 Å². The van der Waals surface area contributed by atoms with Crippen LogP contribution < -0.4 is 10.6 Å². The molecule has 1 saturated carbocycles. The van der Waals surface area contributed by atoms with Crippen molar-refractivity contribution in [2.75, 3.05) is 6.61 Å². The van der Waals surface area contributed by atoms with Gasteiger partial charge in [-0.05, 0) is 41.0 Å². The number of carbonyl (C=O) groups is 3. The molecule has 2 amide bonds. The van der Waals surface area contributed by atoms with Crippen LogP contribution in [0.25, 0.3) is 11.1 Å². The van der Waals surface area contributed by atoms with Gasteiger partial charge in [-0.15, -0.1) is 0 Å². The molecule has 2 unspecified atom stereocenters. The summed E-state index contributed by atoms with van der Waals surface area (Å²) in [5.41, 5.74) is 4.54. The molecule has 4 rings (SSSR count). The van der Waals surface area contributed by atoms with Crippen LogP contribution in [0, 0.1) is 11.8 Å². The number of nitrogens with one attached hydrogen (secondary N) is 2. The average Bonchev–Trinajstić information content (AvgIpc) is 3.19. The molecule has 35 heavy (non-hydrogen) atoms. The first kappa shape index (κ1) is 24.8. The highest BCUT2D eigenvalue weighted by atomic mass is 16.5. The lowest BCUT2D eigenvalue weighted by atomic mass is 9.84. The number of carboxylic acids is 1. The highest BCUT2D eigenvalue weighted by molar-refractivity contribution is 5.87. The van der Waals surface area contributed by atoms with Crippen LogP contribution >= 0.6 is 0 Å². The van der Waals surface area contributed by atoms with E-state index in [4.69, 9.17) is 4.74 Å². The third-order valence-electron chi connectivity index (χ3n) is 7.52. The third kappa shape index (κ3) is 5.34. The molecule has 7 nitrogen and oxygen atoms in total. The summed E-state index contributed by atoms with van der Waals surface area (Å²) in [4.78, 5) is 37.6. The summed E-state index contributed by atoms with van der Waals surface area (Å²) >= 11 is 0. The first-order valence-electron chi connectivity index (χ1n) is 12.5. The van der Waals surface area contributed by atoms with E-state index >= 15 is 0 Å². The maximum Gasteiger partial charge on any atom is 0.407 e. The molecule has 0 saturated heterocycles. The number of rotatable bonds is 8. The van der Waals surface area contributed by atoms with Crippen molar-refractivity contribution >= 4 is 18.0 Å². The fraction of sp³-hybridized carbons (Fsp3) is 0.464. The summed E-state index contributed by atoms with van der Waals surface area (Å²) in [6.45, 7) is 4.01. The van der Waals surface area contributed by atoms with Crippen LogP contribution in [0.1, 0.15) is 63.0 Å². The lowest BCUT2D eigenvalue weighted by Gasteiger charge is -2.32. The molecule has 0 radical (unpaired) electrons. The van der Waals surface area contributed by atoms with Gasteiger partial charge >= 0.3 is 12.1 Å². The Morgan fingerprint density at radius 1 is 1.00 bits per heavy atom. The Morgan fingerprint density at radius 2 is 1.60 bits per heavy atom. The summed E-state index contributed by atoms with van der Waals surface area (Å²) in [7, 11) is 0. The van der Waals surface area contributed by atoms with Crippen LogP contribution in [0.2, 0.25) is 0 Å². The lowest BCUT2D eigenvalue weighted by Crippen LogP contribution is -2.55. The maximum absolute atomic E-state index is 13.1. The number of benzene rings is 2. The van der Waals surface area contributed by atoms with Crippen LogP contribution in [-0.4, -0.2) is 41.8 Å². The number of carboxylic acid groups (broad SMARTS) is 1. The summed E-state index contributed by atoms with van der Waals surface area (Å²) in [6, 6.07) is 15.0. The molecule has 3 N–H and O–H groups in total. The second kappa shape index (κ2) is 10.9. The molecule has 0 aliphatic heterocycles. The number of ether oxygens (including phenoxy) is 1. The molecule has 2 aromatic carbocycles. The Kier molecular flexibility index (Phi) is 7.73. The van der Waals surface area contributed by atoms with Gasteiger partial charge in [0.2, 0.25) is 5.91 Å². The van der Waals surface area contributed by atoms with Gasteiger partial charge in [0, 0.05) is 12.0 Å². The van der Waals surface area contributed by atoms with Gasteiger partial charge in [-0.3, -0.25) is 9.59 Å². The average molecular weight is 479 g/mol. The Hall–Kier alpha value is -3.35. The fourth-order valence-corrected chi connectivity index (χ4v) is 5.34. The van der Waals surface area contributed by atoms with Gasteiger partial charge in [-0.1, -0.05) is 81.6 Å². The number of hydrogen-bond donors (Lipinski definition) is 3. The number of aliphatic carboxylic acids is 1. The van der Waals surface area contributed by atoms with Crippen molar-refractivity contribution < 1.29 is 24.2 Å². The Bertz CT molecular complexity index is 1040. The Morgan fingerprint density at radius 3 is 2.20 bits per heavy atom. The topological polar surface area (TPSA) is 105 Å². The van der Waals surface area contributed by atoms with Gasteiger partial charge in [-0.2, -0.15) is 0 Å². The molecule has 2 aliphatic carbocycles. The molecule has 2 aliphatic rings. The lowest BCUT2D eigenvalue weighted by molar-refractivity contribution is -0.144. The Labute approximate surface area is 206 Å². The molecular formula is C28H34N2O5. The number of carbonyl (C=O) groups excluding carboxylic acids is 2. The summed E-state index contributed by atoms with van der Waals surface area (Å²) in [5.74, 6) is -2.05. The molecule has 0 bridgehead atoms. The monoisotopic (exact) mass is 478 g/mol. The molecule has 186 valence electrons. The molecular weight excluding hydrogens is 444 g/mol. The van der Waals surface area contributed by atoms with E-state index in [0.29, 0.717) is 19.3 Å². The normalized spacial score (nSPS) is 20.7. The van der Waals surface area contributed by atoms with Gasteiger partial charge in [0.05, 0.1) is 5.92 Å². The van der Waals surface area contributed by atoms with Crippen LogP contribution in [-0.2, 0) is 14.3 Å². The molecule has 2 aromatic rings. The summed E-state index contributed by atoms with van der Waals surface area (Å²) in [5, 5.41) is 15.2. The summed E-state index contributed by atoms with van der Waals surface area (Å²) < 4.78 is 5.64. The first-order chi connectivity index (χ1) is 16.9. The fourth-order valence-electron chi connectivity index (χ4n) is 5.34. The first-order valence-corrected chi connectivity index (χ1v) is 12.5. The van der Waals surface area contributed by atoms with Gasteiger partial charge < -0.3 is 20.5 Å². The van der Waals surface area contributed by atoms with E-state index in [9.17, 15) is 19.5 Å². The van der Waals surface area contributed by atoms with Crippen molar-refractivity contribution in [3.8, 4) is 11.1 Å².